The molecule has 0 aliphatic rings. The van der Waals surface area contributed by atoms with E-state index in [0.717, 1.165) is 7.87 Å². The predicted octanol–water partition coefficient (Wildman–Crippen LogP) is 2.61. The number of rotatable bonds is 0. The molecular formula is C4H6P2. The van der Waals surface area contributed by atoms with Crippen LogP contribution in [0.5, 0.6) is 0 Å². The van der Waals surface area contributed by atoms with Crippen molar-refractivity contribution in [3.63, 3.8) is 0 Å². The molecule has 0 aliphatic heterocycles. The van der Waals surface area contributed by atoms with Crippen LogP contribution in [0, 0.1) is 6.92 Å². The molecule has 0 amide bonds. The molecule has 0 nitrogen and oxygen atoms in total. The molecule has 1 rings (SSSR count). The first-order chi connectivity index (χ1) is 2.89. The molecule has 0 spiro atoms. The second kappa shape index (κ2) is 1.78. The lowest BCUT2D eigenvalue weighted by Crippen LogP contribution is -1.41. The lowest BCUT2D eigenvalue weighted by atomic mass is 10.6. The van der Waals surface area contributed by atoms with Crippen LogP contribution in [-0.2, 0) is 0 Å². The lowest BCUT2D eigenvalue weighted by Gasteiger charge is -1.66. The third-order valence-corrected chi connectivity index (χ3v) is 3.48. The van der Waals surface area contributed by atoms with E-state index in [4.69, 9.17) is 0 Å². The minimum absolute atomic E-state index is 1.06. The fourth-order valence-electron chi connectivity index (χ4n) is 0.325. The first-order valence-electron chi connectivity index (χ1n) is 1.85. The Morgan fingerprint density at radius 2 is 2.67 bits per heavy atom. The molecule has 0 fully saturated rings. The fraction of sp³-hybridized carbons (Fsp3) is 0.250. The molecule has 0 bridgehead atoms. The maximum atomic E-state index is 2.20. The average molecular weight is 116 g/mol. The van der Waals surface area contributed by atoms with Gasteiger partial charge in [0, 0.05) is 0 Å². The molecule has 1 heterocycles. The predicted molar refractivity (Wildman–Crippen MR) is 33.2 cm³/mol. The van der Waals surface area contributed by atoms with Crippen molar-refractivity contribution < 1.29 is 0 Å². The summed E-state index contributed by atoms with van der Waals surface area (Å²) in [6.45, 7) is 2.18. The third kappa shape index (κ3) is 0.834. The normalized spacial score (nSPS) is 11.5. The molecule has 0 aromatic carbocycles. The Morgan fingerprint density at radius 1 is 1.83 bits per heavy atom. The van der Waals surface area contributed by atoms with Gasteiger partial charge < -0.3 is 0 Å². The van der Waals surface area contributed by atoms with Gasteiger partial charge in [-0.25, -0.2) is 0 Å². The molecule has 0 aliphatic carbocycles. The minimum Gasteiger partial charge on any atom is -0.108 e. The van der Waals surface area contributed by atoms with E-state index in [1.165, 1.54) is 13.2 Å². The average Bonchev–Trinajstić information content (AvgIpc) is 1.86. The standard InChI is InChI=1S/C4H6P2/c1-4-2-3-5-6-4/h2-3,6H,1H3. The summed E-state index contributed by atoms with van der Waals surface area (Å²) in [5.74, 6) is 2.20. The van der Waals surface area contributed by atoms with Crippen molar-refractivity contribution in [2.24, 2.45) is 0 Å². The quantitative estimate of drug-likeness (QED) is 0.488. The summed E-state index contributed by atoms with van der Waals surface area (Å²) in [5, 5.41) is 1.54. The molecular weight excluding hydrogens is 110 g/mol. The van der Waals surface area contributed by atoms with Crippen LogP contribution in [0.1, 0.15) is 5.30 Å². The van der Waals surface area contributed by atoms with Gasteiger partial charge in [0.25, 0.3) is 0 Å². The SMILES string of the molecule is Cc1ccp[pH]1. The highest BCUT2D eigenvalue weighted by molar-refractivity contribution is 7.90. The highest BCUT2D eigenvalue weighted by atomic mass is 31.8. The Morgan fingerprint density at radius 3 is 2.83 bits per heavy atom. The Bertz CT molecular complexity index is 109. The third-order valence-electron chi connectivity index (χ3n) is 0.640. The van der Waals surface area contributed by atoms with E-state index in [9.17, 15) is 0 Å². The Kier molecular flexibility index (Phi) is 1.29. The van der Waals surface area contributed by atoms with Gasteiger partial charge in [-0.3, -0.25) is 0 Å². The van der Waals surface area contributed by atoms with E-state index in [1.54, 1.807) is 0 Å². The molecule has 1 aromatic heterocycles. The van der Waals surface area contributed by atoms with Crippen LogP contribution < -0.4 is 0 Å². The molecule has 32 valence electrons. The van der Waals surface area contributed by atoms with Gasteiger partial charge in [0.2, 0.25) is 0 Å². The Balaban J connectivity index is 3.05. The first kappa shape index (κ1) is 4.37. The van der Waals surface area contributed by atoms with Crippen LogP contribution in [0.4, 0.5) is 0 Å². The van der Waals surface area contributed by atoms with Crippen LogP contribution in [0.3, 0.4) is 0 Å². The summed E-state index contributed by atoms with van der Waals surface area (Å²) in [5.41, 5.74) is 0. The fourth-order valence-corrected chi connectivity index (χ4v) is 2.48. The summed E-state index contributed by atoms with van der Waals surface area (Å²) < 4.78 is 0. The van der Waals surface area contributed by atoms with Gasteiger partial charge in [0.1, 0.15) is 0 Å². The Labute approximate surface area is 40.7 Å². The molecule has 0 saturated heterocycles. The zero-order valence-corrected chi connectivity index (χ0v) is 5.50. The molecule has 1 unspecified atom stereocenters. The van der Waals surface area contributed by atoms with Gasteiger partial charge in [0.15, 0.2) is 0 Å². The number of hydrogen-bond donors (Lipinski definition) is 0. The van der Waals surface area contributed by atoms with Crippen molar-refractivity contribution in [1.82, 2.24) is 0 Å². The van der Waals surface area contributed by atoms with Gasteiger partial charge >= 0.3 is 0 Å². The summed E-state index contributed by atoms with van der Waals surface area (Å²) in [6, 6.07) is 2.19. The molecule has 0 saturated carbocycles. The topological polar surface area (TPSA) is 0 Å². The smallest absolute Gasteiger partial charge is 0.0298 e. The van der Waals surface area contributed by atoms with Crippen LogP contribution in [-0.4, -0.2) is 0 Å². The van der Waals surface area contributed by atoms with Crippen molar-refractivity contribution >= 4 is 15.7 Å². The van der Waals surface area contributed by atoms with E-state index < -0.39 is 0 Å². The lowest BCUT2D eigenvalue weighted by molar-refractivity contribution is 1.65. The zero-order chi connectivity index (χ0) is 4.41. The van der Waals surface area contributed by atoms with Crippen LogP contribution in [0.25, 0.3) is 0 Å². The van der Waals surface area contributed by atoms with E-state index >= 15 is 0 Å². The number of aryl methyl sites for hydroxylation is 1. The van der Waals surface area contributed by atoms with Crippen LogP contribution in [0.15, 0.2) is 11.9 Å². The van der Waals surface area contributed by atoms with E-state index in [-0.39, 0.29) is 0 Å². The summed E-state index contributed by atoms with van der Waals surface area (Å²) >= 11 is 0. The van der Waals surface area contributed by atoms with E-state index in [0.29, 0.717) is 0 Å². The van der Waals surface area contributed by atoms with Crippen molar-refractivity contribution in [2.45, 2.75) is 6.92 Å². The highest BCUT2D eigenvalue weighted by Gasteiger charge is 1.73. The molecule has 6 heavy (non-hydrogen) atoms. The van der Waals surface area contributed by atoms with E-state index in [2.05, 4.69) is 18.8 Å². The van der Waals surface area contributed by atoms with Crippen LogP contribution >= 0.6 is 15.7 Å². The van der Waals surface area contributed by atoms with Gasteiger partial charge in [0.05, 0.1) is 0 Å². The maximum absolute atomic E-state index is 2.20. The van der Waals surface area contributed by atoms with Crippen LogP contribution in [0.2, 0.25) is 0 Å². The van der Waals surface area contributed by atoms with Gasteiger partial charge in [-0.1, -0.05) is 13.9 Å². The monoisotopic (exact) mass is 116 g/mol. The molecule has 0 radical (unpaired) electrons. The largest absolute Gasteiger partial charge is 0.108 e. The Hall–Kier alpha value is 0.210. The molecule has 0 N–H and O–H groups in total. The van der Waals surface area contributed by atoms with Crippen molar-refractivity contribution in [2.75, 3.05) is 0 Å². The highest BCUT2D eigenvalue weighted by Crippen LogP contribution is 2.24. The molecule has 1 aromatic rings. The second-order valence-corrected chi connectivity index (χ2v) is 4.25. The van der Waals surface area contributed by atoms with Gasteiger partial charge in [-0.2, -0.15) is 0 Å². The maximum Gasteiger partial charge on any atom is -0.0298 e. The van der Waals surface area contributed by atoms with Gasteiger partial charge in [-0.05, 0) is 18.0 Å². The molecule has 1 atom stereocenters. The summed E-state index contributed by atoms with van der Waals surface area (Å²) in [6.07, 6.45) is 0. The zero-order valence-electron chi connectivity index (χ0n) is 3.60. The van der Waals surface area contributed by atoms with Gasteiger partial charge in [-0.15, -0.1) is 7.87 Å². The summed E-state index contributed by atoms with van der Waals surface area (Å²) in [4.78, 5) is 0. The molecule has 2 heteroatoms. The van der Waals surface area contributed by atoms with E-state index in [1.807, 2.05) is 0 Å². The first-order valence-corrected chi connectivity index (χ1v) is 4.66. The number of hydrogen-bond acceptors (Lipinski definition) is 0. The summed E-state index contributed by atoms with van der Waals surface area (Å²) in [7, 11) is 2.56. The van der Waals surface area contributed by atoms with Crippen molar-refractivity contribution in [3.05, 3.63) is 17.2 Å². The van der Waals surface area contributed by atoms with Crippen molar-refractivity contribution in [3.8, 4) is 0 Å². The van der Waals surface area contributed by atoms with Crippen molar-refractivity contribution in [1.29, 1.82) is 0 Å². The second-order valence-electron chi connectivity index (χ2n) is 1.24. The minimum atomic E-state index is 1.06.